The zero-order valence-electron chi connectivity index (χ0n) is 13.2. The smallest absolute Gasteiger partial charge is 0.315 e. The van der Waals surface area contributed by atoms with Crippen molar-refractivity contribution in [2.45, 2.75) is 74.7 Å². The van der Waals surface area contributed by atoms with Gasteiger partial charge in [0.1, 0.15) is 0 Å². The summed E-state index contributed by atoms with van der Waals surface area (Å²) >= 11 is 0. The van der Waals surface area contributed by atoms with Crippen LogP contribution in [0.2, 0.25) is 0 Å². The number of urea groups is 1. The molecule has 0 bridgehead atoms. The van der Waals surface area contributed by atoms with Crippen LogP contribution in [-0.2, 0) is 14.6 Å². The standard InChI is InChI=1S/C15H25N3O4S/c19-13(16-10-5-1-2-6-10)8-4-3-7-12-14-11(9-23(12,21)22)17-15(20)18-14/h10-12,14H,1-9H2,(H,16,19)(H2,17,18,20). The van der Waals surface area contributed by atoms with E-state index in [2.05, 4.69) is 16.0 Å². The molecule has 8 heteroatoms. The highest BCUT2D eigenvalue weighted by atomic mass is 32.2. The summed E-state index contributed by atoms with van der Waals surface area (Å²) in [5.74, 6) is 0.0864. The minimum Gasteiger partial charge on any atom is -0.353 e. The predicted molar refractivity (Wildman–Crippen MR) is 85.7 cm³/mol. The van der Waals surface area contributed by atoms with Crippen LogP contribution in [0.4, 0.5) is 4.79 Å². The van der Waals surface area contributed by atoms with E-state index >= 15 is 0 Å². The average molecular weight is 343 g/mol. The van der Waals surface area contributed by atoms with Crippen molar-refractivity contribution in [2.24, 2.45) is 0 Å². The Morgan fingerprint density at radius 1 is 1.17 bits per heavy atom. The third kappa shape index (κ3) is 3.79. The van der Waals surface area contributed by atoms with Crippen LogP contribution >= 0.6 is 0 Å². The molecule has 2 heterocycles. The van der Waals surface area contributed by atoms with Crippen LogP contribution < -0.4 is 16.0 Å². The fourth-order valence-corrected chi connectivity index (χ4v) is 6.28. The summed E-state index contributed by atoms with van der Waals surface area (Å²) in [6, 6.07) is -0.572. The maximum absolute atomic E-state index is 12.2. The predicted octanol–water partition coefficient (Wildman–Crippen LogP) is 0.453. The number of unbranched alkanes of at least 4 members (excludes halogenated alkanes) is 1. The first-order valence-corrected chi connectivity index (χ1v) is 10.3. The second-order valence-corrected chi connectivity index (χ2v) is 9.18. The molecule has 7 nitrogen and oxygen atoms in total. The fourth-order valence-electron chi connectivity index (χ4n) is 4.01. The highest BCUT2D eigenvalue weighted by Crippen LogP contribution is 2.28. The van der Waals surface area contributed by atoms with E-state index in [-0.39, 0.29) is 29.8 Å². The molecule has 3 amide bonds. The van der Waals surface area contributed by atoms with E-state index in [1.54, 1.807) is 0 Å². The number of carbonyl (C=O) groups excluding carboxylic acids is 2. The van der Waals surface area contributed by atoms with Crippen molar-refractivity contribution in [3.8, 4) is 0 Å². The van der Waals surface area contributed by atoms with Crippen molar-refractivity contribution in [2.75, 3.05) is 5.75 Å². The second-order valence-electron chi connectivity index (χ2n) is 6.91. The highest BCUT2D eigenvalue weighted by Gasteiger charge is 2.51. The summed E-state index contributed by atoms with van der Waals surface area (Å²) in [6.07, 6.45) is 6.83. The quantitative estimate of drug-likeness (QED) is 0.481. The number of nitrogens with one attached hydrogen (secondary N) is 3. The van der Waals surface area contributed by atoms with Crippen LogP contribution in [0.25, 0.3) is 0 Å². The van der Waals surface area contributed by atoms with Gasteiger partial charge in [-0.05, 0) is 25.7 Å². The van der Waals surface area contributed by atoms with Crippen molar-refractivity contribution < 1.29 is 18.0 Å². The Labute approximate surface area is 136 Å². The molecular weight excluding hydrogens is 318 g/mol. The highest BCUT2D eigenvalue weighted by molar-refractivity contribution is 7.92. The van der Waals surface area contributed by atoms with Gasteiger partial charge in [0.05, 0.1) is 23.1 Å². The van der Waals surface area contributed by atoms with E-state index in [0.717, 1.165) is 12.8 Å². The molecule has 3 atom stereocenters. The number of sulfone groups is 1. The van der Waals surface area contributed by atoms with E-state index < -0.39 is 15.1 Å². The summed E-state index contributed by atoms with van der Waals surface area (Å²) in [5.41, 5.74) is 0. The molecular formula is C15H25N3O4S. The number of amides is 3. The minimum atomic E-state index is -3.17. The van der Waals surface area contributed by atoms with Gasteiger partial charge in [-0.3, -0.25) is 4.79 Å². The Balaban J connectivity index is 1.41. The van der Waals surface area contributed by atoms with Crippen LogP contribution in [0.1, 0.15) is 51.4 Å². The van der Waals surface area contributed by atoms with E-state index in [1.165, 1.54) is 12.8 Å². The zero-order chi connectivity index (χ0) is 16.4. The van der Waals surface area contributed by atoms with Crippen LogP contribution in [0.15, 0.2) is 0 Å². The first-order valence-electron chi connectivity index (χ1n) is 8.54. The van der Waals surface area contributed by atoms with E-state index in [1.807, 2.05) is 0 Å². The van der Waals surface area contributed by atoms with Crippen molar-refractivity contribution in [1.29, 1.82) is 0 Å². The molecule has 3 aliphatic rings. The zero-order valence-corrected chi connectivity index (χ0v) is 14.0. The van der Waals surface area contributed by atoms with Gasteiger partial charge in [0, 0.05) is 12.5 Å². The molecule has 3 unspecified atom stereocenters. The molecule has 130 valence electrons. The number of hydrogen-bond acceptors (Lipinski definition) is 4. The summed E-state index contributed by atoms with van der Waals surface area (Å²) in [4.78, 5) is 23.2. The van der Waals surface area contributed by atoms with E-state index in [9.17, 15) is 18.0 Å². The molecule has 23 heavy (non-hydrogen) atoms. The molecule has 1 saturated carbocycles. The molecule has 3 N–H and O–H groups in total. The van der Waals surface area contributed by atoms with Gasteiger partial charge >= 0.3 is 6.03 Å². The third-order valence-corrected chi connectivity index (χ3v) is 7.46. The summed E-state index contributed by atoms with van der Waals surface area (Å²) in [6.45, 7) is 0. The van der Waals surface area contributed by atoms with Gasteiger partial charge in [-0.2, -0.15) is 0 Å². The van der Waals surface area contributed by atoms with Crippen molar-refractivity contribution in [3.05, 3.63) is 0 Å². The molecule has 0 spiro atoms. The summed E-state index contributed by atoms with van der Waals surface area (Å²) in [5, 5.41) is 7.89. The van der Waals surface area contributed by atoms with Crippen molar-refractivity contribution in [1.82, 2.24) is 16.0 Å². The Morgan fingerprint density at radius 3 is 2.65 bits per heavy atom. The molecule has 0 aromatic rings. The molecule has 3 fully saturated rings. The first-order chi connectivity index (χ1) is 11.0. The van der Waals surface area contributed by atoms with Crippen LogP contribution in [0.3, 0.4) is 0 Å². The molecule has 0 aromatic carbocycles. The third-order valence-electron chi connectivity index (χ3n) is 5.18. The van der Waals surface area contributed by atoms with Crippen molar-refractivity contribution >= 4 is 21.8 Å². The van der Waals surface area contributed by atoms with Gasteiger partial charge in [-0.15, -0.1) is 0 Å². The summed E-state index contributed by atoms with van der Waals surface area (Å²) in [7, 11) is -3.17. The van der Waals surface area contributed by atoms with Crippen LogP contribution in [0, 0.1) is 0 Å². The molecule has 0 aromatic heterocycles. The number of fused-ring (bicyclic) bond motifs is 1. The van der Waals surface area contributed by atoms with Crippen LogP contribution in [-0.4, -0.2) is 49.5 Å². The van der Waals surface area contributed by atoms with E-state index in [0.29, 0.717) is 31.7 Å². The van der Waals surface area contributed by atoms with Crippen LogP contribution in [0.5, 0.6) is 0 Å². The monoisotopic (exact) mass is 343 g/mol. The van der Waals surface area contributed by atoms with Gasteiger partial charge < -0.3 is 16.0 Å². The minimum absolute atomic E-state index is 0.0171. The lowest BCUT2D eigenvalue weighted by Crippen LogP contribution is -2.39. The van der Waals surface area contributed by atoms with Crippen molar-refractivity contribution in [3.63, 3.8) is 0 Å². The largest absolute Gasteiger partial charge is 0.353 e. The number of hydrogen-bond donors (Lipinski definition) is 3. The van der Waals surface area contributed by atoms with Gasteiger partial charge in [0.25, 0.3) is 0 Å². The fraction of sp³-hybridized carbons (Fsp3) is 0.867. The van der Waals surface area contributed by atoms with Gasteiger partial charge in [0.15, 0.2) is 9.84 Å². The Morgan fingerprint density at radius 2 is 1.91 bits per heavy atom. The Kier molecular flexibility index (Phi) is 4.79. The Bertz CT molecular complexity index is 571. The normalized spacial score (nSPS) is 32.3. The molecule has 2 saturated heterocycles. The lowest BCUT2D eigenvalue weighted by Gasteiger charge is -2.16. The van der Waals surface area contributed by atoms with Gasteiger partial charge in [-0.25, -0.2) is 13.2 Å². The number of carbonyl (C=O) groups is 2. The van der Waals surface area contributed by atoms with Gasteiger partial charge in [0.2, 0.25) is 5.91 Å². The SMILES string of the molecule is O=C(CCCCC1C2NC(=O)NC2CS1(=O)=O)NC1CCCC1. The molecule has 0 radical (unpaired) electrons. The second kappa shape index (κ2) is 6.67. The molecule has 2 aliphatic heterocycles. The average Bonchev–Trinajstić information content (AvgIpc) is 3.12. The van der Waals surface area contributed by atoms with Gasteiger partial charge in [-0.1, -0.05) is 19.3 Å². The Hall–Kier alpha value is -1.31. The summed E-state index contributed by atoms with van der Waals surface area (Å²) < 4.78 is 24.3. The first kappa shape index (κ1) is 16.5. The molecule has 1 aliphatic carbocycles. The lowest BCUT2D eigenvalue weighted by atomic mass is 10.0. The number of rotatable bonds is 6. The van der Waals surface area contributed by atoms with E-state index in [4.69, 9.17) is 0 Å². The lowest BCUT2D eigenvalue weighted by molar-refractivity contribution is -0.121. The topological polar surface area (TPSA) is 104 Å². The molecule has 3 rings (SSSR count). The maximum atomic E-state index is 12.2. The maximum Gasteiger partial charge on any atom is 0.315 e.